The van der Waals surface area contributed by atoms with E-state index in [1.807, 2.05) is 6.07 Å². The largest absolute Gasteiger partial charge is 0.439 e. The standard InChI is InChI=1S/C13H6N2O3S/c14-6-8-1-4-12(15-7-8)17-9-2-3-11-10(5-9)18-13(16)19-11/h1-5,7H. The molecule has 1 aromatic carbocycles. The van der Waals surface area contributed by atoms with E-state index in [0.717, 1.165) is 16.0 Å². The molecule has 0 N–H and O–H groups in total. The molecule has 0 aliphatic heterocycles. The lowest BCUT2D eigenvalue weighted by Gasteiger charge is -2.03. The number of rotatable bonds is 2. The summed E-state index contributed by atoms with van der Waals surface area (Å²) in [6, 6.07) is 10.3. The van der Waals surface area contributed by atoms with Crippen molar-refractivity contribution in [2.75, 3.05) is 0 Å². The number of benzene rings is 1. The van der Waals surface area contributed by atoms with Gasteiger partial charge in [-0.05, 0) is 18.2 Å². The van der Waals surface area contributed by atoms with E-state index >= 15 is 0 Å². The summed E-state index contributed by atoms with van der Waals surface area (Å²) >= 11 is 1.04. The van der Waals surface area contributed by atoms with Gasteiger partial charge in [0.2, 0.25) is 5.88 Å². The van der Waals surface area contributed by atoms with Crippen LogP contribution in [0.15, 0.2) is 45.7 Å². The first-order valence-electron chi connectivity index (χ1n) is 5.32. The Bertz CT molecular complexity index is 827. The Morgan fingerprint density at radius 1 is 1.32 bits per heavy atom. The van der Waals surface area contributed by atoms with Crippen LogP contribution in [0.25, 0.3) is 10.3 Å². The highest BCUT2D eigenvalue weighted by Crippen LogP contribution is 2.25. The molecule has 92 valence electrons. The van der Waals surface area contributed by atoms with Gasteiger partial charge in [0.25, 0.3) is 0 Å². The van der Waals surface area contributed by atoms with Crippen LogP contribution in [0.4, 0.5) is 0 Å². The van der Waals surface area contributed by atoms with E-state index in [2.05, 4.69) is 4.98 Å². The van der Waals surface area contributed by atoms with Crippen molar-refractivity contribution in [1.82, 2.24) is 4.98 Å². The number of nitriles is 1. The van der Waals surface area contributed by atoms with Gasteiger partial charge in [-0.15, -0.1) is 0 Å². The molecule has 2 aromatic heterocycles. The fourth-order valence-corrected chi connectivity index (χ4v) is 2.19. The maximum absolute atomic E-state index is 11.1. The van der Waals surface area contributed by atoms with Gasteiger partial charge in [0.15, 0.2) is 5.58 Å². The Balaban J connectivity index is 1.91. The van der Waals surface area contributed by atoms with Crippen LogP contribution in [-0.4, -0.2) is 4.98 Å². The maximum atomic E-state index is 11.1. The molecule has 0 spiro atoms. The Kier molecular flexibility index (Phi) is 2.74. The second-order valence-corrected chi connectivity index (χ2v) is 4.64. The first kappa shape index (κ1) is 11.4. The second-order valence-electron chi connectivity index (χ2n) is 3.66. The van der Waals surface area contributed by atoms with Crippen molar-refractivity contribution >= 4 is 21.6 Å². The third-order valence-corrected chi connectivity index (χ3v) is 3.20. The minimum Gasteiger partial charge on any atom is -0.439 e. The first-order valence-corrected chi connectivity index (χ1v) is 6.14. The lowest BCUT2D eigenvalue weighted by Crippen LogP contribution is -1.87. The molecule has 3 rings (SSSR count). The molecule has 0 fully saturated rings. The predicted octanol–water partition coefficient (Wildman–Crippen LogP) is 2.91. The first-order chi connectivity index (χ1) is 9.24. The number of fused-ring (bicyclic) bond motifs is 1. The average molecular weight is 270 g/mol. The van der Waals surface area contributed by atoms with Crippen molar-refractivity contribution in [1.29, 1.82) is 5.26 Å². The van der Waals surface area contributed by atoms with Crippen molar-refractivity contribution in [2.45, 2.75) is 0 Å². The molecule has 3 aromatic rings. The molecule has 0 unspecified atom stereocenters. The van der Waals surface area contributed by atoms with Crippen molar-refractivity contribution in [3.05, 3.63) is 51.8 Å². The zero-order chi connectivity index (χ0) is 13.2. The zero-order valence-corrected chi connectivity index (χ0v) is 10.3. The van der Waals surface area contributed by atoms with Crippen molar-refractivity contribution in [2.24, 2.45) is 0 Å². The molecule has 0 saturated carbocycles. The van der Waals surface area contributed by atoms with Gasteiger partial charge in [0, 0.05) is 18.3 Å². The summed E-state index contributed by atoms with van der Waals surface area (Å²) in [5, 5.41) is 8.67. The smallest absolute Gasteiger partial charge is 0.396 e. The van der Waals surface area contributed by atoms with Gasteiger partial charge in [-0.2, -0.15) is 5.26 Å². The van der Waals surface area contributed by atoms with Crippen LogP contribution in [-0.2, 0) is 0 Å². The van der Waals surface area contributed by atoms with Crippen LogP contribution in [0.2, 0.25) is 0 Å². The molecular formula is C13H6N2O3S. The molecule has 0 saturated heterocycles. The highest BCUT2D eigenvalue weighted by atomic mass is 32.1. The predicted molar refractivity (Wildman–Crippen MR) is 69.4 cm³/mol. The summed E-state index contributed by atoms with van der Waals surface area (Å²) < 4.78 is 11.3. The van der Waals surface area contributed by atoms with Crippen LogP contribution >= 0.6 is 11.3 Å². The quantitative estimate of drug-likeness (QED) is 0.715. The second kappa shape index (κ2) is 4.55. The monoisotopic (exact) mass is 270 g/mol. The number of hydrogen-bond acceptors (Lipinski definition) is 6. The van der Waals surface area contributed by atoms with Crippen LogP contribution in [0.5, 0.6) is 11.6 Å². The van der Waals surface area contributed by atoms with E-state index in [1.165, 1.54) is 6.20 Å². The maximum Gasteiger partial charge on any atom is 0.396 e. The fourth-order valence-electron chi connectivity index (χ4n) is 1.54. The third kappa shape index (κ3) is 2.32. The van der Waals surface area contributed by atoms with Crippen LogP contribution in [0.1, 0.15) is 5.56 Å². The SMILES string of the molecule is N#Cc1ccc(Oc2ccc3sc(=O)oc3c2)nc1. The molecule has 0 amide bonds. The fraction of sp³-hybridized carbons (Fsp3) is 0. The summed E-state index contributed by atoms with van der Waals surface area (Å²) in [4.78, 5) is 14.7. The van der Waals surface area contributed by atoms with Crippen molar-refractivity contribution in [3.63, 3.8) is 0 Å². The molecule has 0 radical (unpaired) electrons. The zero-order valence-electron chi connectivity index (χ0n) is 9.49. The highest BCUT2D eigenvalue weighted by molar-refractivity contribution is 7.16. The Morgan fingerprint density at radius 3 is 2.95 bits per heavy atom. The summed E-state index contributed by atoms with van der Waals surface area (Å²) in [6.45, 7) is 0. The van der Waals surface area contributed by atoms with E-state index in [9.17, 15) is 4.79 Å². The van der Waals surface area contributed by atoms with Gasteiger partial charge in [-0.3, -0.25) is 0 Å². The molecule has 5 nitrogen and oxygen atoms in total. The summed E-state index contributed by atoms with van der Waals surface area (Å²) in [6.07, 6.45) is 1.43. The number of aromatic nitrogens is 1. The molecule has 0 aliphatic rings. The minimum atomic E-state index is -0.344. The van der Waals surface area contributed by atoms with Crippen molar-refractivity contribution in [3.8, 4) is 17.7 Å². The van der Waals surface area contributed by atoms with Gasteiger partial charge in [-0.1, -0.05) is 11.3 Å². The number of pyridine rings is 1. The Hall–Kier alpha value is -2.65. The Labute approximate surface area is 111 Å². The van der Waals surface area contributed by atoms with E-state index in [-0.39, 0.29) is 4.94 Å². The Morgan fingerprint density at radius 2 is 2.21 bits per heavy atom. The number of ether oxygens (including phenoxy) is 1. The van der Waals surface area contributed by atoms with Gasteiger partial charge in [0.05, 0.1) is 10.3 Å². The summed E-state index contributed by atoms with van der Waals surface area (Å²) in [5.41, 5.74) is 0.952. The highest BCUT2D eigenvalue weighted by Gasteiger charge is 2.05. The van der Waals surface area contributed by atoms with Crippen molar-refractivity contribution < 1.29 is 9.15 Å². The average Bonchev–Trinajstić information content (AvgIpc) is 2.79. The molecule has 2 heterocycles. The summed E-state index contributed by atoms with van der Waals surface area (Å²) in [7, 11) is 0. The normalized spacial score (nSPS) is 10.3. The van der Waals surface area contributed by atoms with Crippen LogP contribution in [0.3, 0.4) is 0 Å². The molecule has 0 atom stereocenters. The van der Waals surface area contributed by atoms with Crippen LogP contribution < -0.4 is 9.68 Å². The number of nitrogens with zero attached hydrogens (tertiary/aromatic N) is 2. The lowest BCUT2D eigenvalue weighted by atomic mass is 10.3. The van der Waals surface area contributed by atoms with Gasteiger partial charge in [0.1, 0.15) is 11.8 Å². The molecular weight excluding hydrogens is 264 g/mol. The molecule has 6 heteroatoms. The van der Waals surface area contributed by atoms with E-state index < -0.39 is 0 Å². The van der Waals surface area contributed by atoms with E-state index in [0.29, 0.717) is 22.8 Å². The molecule has 0 aliphatic carbocycles. The lowest BCUT2D eigenvalue weighted by molar-refractivity contribution is 0.462. The van der Waals surface area contributed by atoms with Gasteiger partial charge in [-0.25, -0.2) is 9.78 Å². The molecule has 0 bridgehead atoms. The van der Waals surface area contributed by atoms with E-state index in [1.54, 1.807) is 30.3 Å². The van der Waals surface area contributed by atoms with Crippen LogP contribution in [0, 0.1) is 11.3 Å². The topological polar surface area (TPSA) is 76.1 Å². The van der Waals surface area contributed by atoms with Gasteiger partial charge >= 0.3 is 4.94 Å². The number of hydrogen-bond donors (Lipinski definition) is 0. The van der Waals surface area contributed by atoms with E-state index in [4.69, 9.17) is 14.4 Å². The minimum absolute atomic E-state index is 0.344. The molecule has 19 heavy (non-hydrogen) atoms. The van der Waals surface area contributed by atoms with Gasteiger partial charge < -0.3 is 9.15 Å². The summed E-state index contributed by atoms with van der Waals surface area (Å²) in [5.74, 6) is 0.891. The third-order valence-electron chi connectivity index (χ3n) is 2.39.